The number of carbonyl (C=O) groups is 1. The van der Waals surface area contributed by atoms with E-state index in [1.165, 1.54) is 0 Å². The van der Waals surface area contributed by atoms with E-state index in [1.54, 1.807) is 25.3 Å². The van der Waals surface area contributed by atoms with Crippen molar-refractivity contribution < 1.29 is 19.4 Å². The molecule has 0 saturated carbocycles. The smallest absolute Gasteiger partial charge is 0.335 e. The van der Waals surface area contributed by atoms with Gasteiger partial charge in [-0.05, 0) is 72.1 Å². The first kappa shape index (κ1) is 19.1. The number of benzene rings is 2. The number of anilines is 1. The number of carboxylic acids is 1. The second-order valence-corrected chi connectivity index (χ2v) is 6.82. The van der Waals surface area contributed by atoms with E-state index in [4.69, 9.17) is 14.6 Å². The highest BCUT2D eigenvalue weighted by Gasteiger charge is 2.13. The molecule has 6 heteroatoms. The lowest BCUT2D eigenvalue weighted by molar-refractivity contribution is 0.0697. The summed E-state index contributed by atoms with van der Waals surface area (Å²) < 4.78 is 12.0. The van der Waals surface area contributed by atoms with Gasteiger partial charge in [0.25, 0.3) is 0 Å². The zero-order valence-electron chi connectivity index (χ0n) is 14.7. The van der Waals surface area contributed by atoms with Crippen LogP contribution in [-0.4, -0.2) is 24.3 Å². The summed E-state index contributed by atoms with van der Waals surface area (Å²) in [6, 6.07) is 8.90. The average Bonchev–Trinajstić information content (AvgIpc) is 2.55. The van der Waals surface area contributed by atoms with Crippen molar-refractivity contribution in [1.29, 1.82) is 0 Å². The first-order chi connectivity index (χ1) is 11.8. The van der Waals surface area contributed by atoms with Gasteiger partial charge >= 0.3 is 5.97 Å². The Kier molecular flexibility index (Phi) is 6.31. The molecular formula is C19H22BrNO4. The molecule has 0 atom stereocenters. The predicted octanol–water partition coefficient (Wildman–Crippen LogP) is 4.86. The standard InChI is InChI=1S/C19H22BrNO4/c1-11(2)25-18-15(20)7-13(8-17(18)24-4)10-21-16-9-14(19(22)23)6-5-12(16)3/h5-9,11,21H,10H2,1-4H3,(H,22,23). The molecule has 0 radical (unpaired) electrons. The van der Waals surface area contributed by atoms with Crippen LogP contribution in [0.4, 0.5) is 5.69 Å². The van der Waals surface area contributed by atoms with Crippen molar-refractivity contribution in [2.75, 3.05) is 12.4 Å². The maximum Gasteiger partial charge on any atom is 0.335 e. The lowest BCUT2D eigenvalue weighted by Gasteiger charge is -2.17. The molecule has 0 bridgehead atoms. The summed E-state index contributed by atoms with van der Waals surface area (Å²) in [5, 5.41) is 12.4. The number of ether oxygens (including phenoxy) is 2. The maximum absolute atomic E-state index is 11.1. The second kappa shape index (κ2) is 8.25. The van der Waals surface area contributed by atoms with E-state index in [2.05, 4.69) is 21.2 Å². The van der Waals surface area contributed by atoms with Crippen LogP contribution in [0.25, 0.3) is 0 Å². The van der Waals surface area contributed by atoms with E-state index in [0.29, 0.717) is 18.0 Å². The fraction of sp³-hybridized carbons (Fsp3) is 0.316. The maximum atomic E-state index is 11.1. The van der Waals surface area contributed by atoms with E-state index < -0.39 is 5.97 Å². The molecule has 0 unspecified atom stereocenters. The fourth-order valence-corrected chi connectivity index (χ4v) is 2.95. The zero-order chi connectivity index (χ0) is 18.6. The van der Waals surface area contributed by atoms with Gasteiger partial charge in [-0.2, -0.15) is 0 Å². The number of hydrogen-bond acceptors (Lipinski definition) is 4. The monoisotopic (exact) mass is 407 g/mol. The van der Waals surface area contributed by atoms with Gasteiger partial charge in [-0.1, -0.05) is 6.07 Å². The van der Waals surface area contributed by atoms with Crippen LogP contribution in [-0.2, 0) is 6.54 Å². The first-order valence-corrected chi connectivity index (χ1v) is 8.72. The van der Waals surface area contributed by atoms with E-state index in [1.807, 2.05) is 32.9 Å². The molecule has 0 aliphatic heterocycles. The van der Waals surface area contributed by atoms with Crippen molar-refractivity contribution in [2.45, 2.75) is 33.4 Å². The van der Waals surface area contributed by atoms with E-state index in [0.717, 1.165) is 21.3 Å². The molecule has 0 heterocycles. The normalized spacial score (nSPS) is 10.6. The first-order valence-electron chi connectivity index (χ1n) is 7.92. The molecule has 2 aromatic carbocycles. The number of aromatic carboxylic acids is 1. The Hall–Kier alpha value is -2.21. The Bertz CT molecular complexity index is 774. The summed E-state index contributed by atoms with van der Waals surface area (Å²) in [4.78, 5) is 11.1. The van der Waals surface area contributed by atoms with Crippen LogP contribution in [0.15, 0.2) is 34.8 Å². The largest absolute Gasteiger partial charge is 0.493 e. The molecule has 0 spiro atoms. The number of nitrogens with one attached hydrogen (secondary N) is 1. The highest BCUT2D eigenvalue weighted by molar-refractivity contribution is 9.10. The summed E-state index contributed by atoms with van der Waals surface area (Å²) in [5.74, 6) is 0.379. The Morgan fingerprint density at radius 3 is 2.60 bits per heavy atom. The van der Waals surface area contributed by atoms with Crippen molar-refractivity contribution >= 4 is 27.6 Å². The molecule has 0 aromatic heterocycles. The number of halogens is 1. The molecule has 5 nitrogen and oxygen atoms in total. The minimum absolute atomic E-state index is 0.0376. The SMILES string of the molecule is COc1cc(CNc2cc(C(=O)O)ccc2C)cc(Br)c1OC(C)C. The molecule has 0 fully saturated rings. The summed E-state index contributed by atoms with van der Waals surface area (Å²) in [6.07, 6.45) is 0.0376. The van der Waals surface area contributed by atoms with Crippen LogP contribution in [0.3, 0.4) is 0 Å². The van der Waals surface area contributed by atoms with Gasteiger partial charge in [0, 0.05) is 12.2 Å². The summed E-state index contributed by atoms with van der Waals surface area (Å²) in [5.41, 5.74) is 3.01. The average molecular weight is 408 g/mol. The Morgan fingerprint density at radius 2 is 2.00 bits per heavy atom. The molecule has 2 rings (SSSR count). The van der Waals surface area contributed by atoms with Crippen LogP contribution in [0, 0.1) is 6.92 Å². The van der Waals surface area contributed by atoms with Crippen LogP contribution in [0.2, 0.25) is 0 Å². The van der Waals surface area contributed by atoms with Gasteiger partial charge in [-0.15, -0.1) is 0 Å². The number of hydrogen-bond donors (Lipinski definition) is 2. The van der Waals surface area contributed by atoms with Crippen molar-refractivity contribution in [2.24, 2.45) is 0 Å². The quantitative estimate of drug-likeness (QED) is 0.685. The number of aryl methyl sites for hydroxylation is 1. The van der Waals surface area contributed by atoms with Crippen molar-refractivity contribution in [3.05, 3.63) is 51.5 Å². The van der Waals surface area contributed by atoms with Gasteiger partial charge in [-0.3, -0.25) is 0 Å². The third-order valence-corrected chi connectivity index (χ3v) is 4.20. The number of rotatable bonds is 7. The molecule has 134 valence electrons. The van der Waals surface area contributed by atoms with Crippen LogP contribution in [0.5, 0.6) is 11.5 Å². The van der Waals surface area contributed by atoms with Gasteiger partial charge in [0.1, 0.15) is 0 Å². The molecule has 0 amide bonds. The second-order valence-electron chi connectivity index (χ2n) is 5.96. The van der Waals surface area contributed by atoms with Crippen molar-refractivity contribution in [3.63, 3.8) is 0 Å². The fourth-order valence-electron chi connectivity index (χ4n) is 2.37. The Morgan fingerprint density at radius 1 is 1.28 bits per heavy atom. The third-order valence-electron chi connectivity index (χ3n) is 3.61. The number of carboxylic acid groups (broad SMARTS) is 1. The van der Waals surface area contributed by atoms with Crippen LogP contribution in [0.1, 0.15) is 35.3 Å². The lowest BCUT2D eigenvalue weighted by Crippen LogP contribution is -2.08. The summed E-state index contributed by atoms with van der Waals surface area (Å²) in [7, 11) is 1.60. The van der Waals surface area contributed by atoms with Gasteiger partial charge in [0.05, 0.1) is 23.2 Å². The molecule has 2 N–H and O–H groups in total. The Labute approximate surface area is 156 Å². The molecule has 0 aliphatic rings. The predicted molar refractivity (Wildman–Crippen MR) is 102 cm³/mol. The molecule has 0 aliphatic carbocycles. The van der Waals surface area contributed by atoms with E-state index in [9.17, 15) is 4.79 Å². The van der Waals surface area contributed by atoms with Gasteiger partial charge in [-0.25, -0.2) is 4.79 Å². The number of methoxy groups -OCH3 is 1. The molecule has 2 aromatic rings. The van der Waals surface area contributed by atoms with Crippen LogP contribution < -0.4 is 14.8 Å². The van der Waals surface area contributed by atoms with Crippen molar-refractivity contribution in [1.82, 2.24) is 0 Å². The van der Waals surface area contributed by atoms with Crippen molar-refractivity contribution in [3.8, 4) is 11.5 Å². The lowest BCUT2D eigenvalue weighted by atomic mass is 10.1. The van der Waals surface area contributed by atoms with Crippen LogP contribution >= 0.6 is 15.9 Å². The van der Waals surface area contributed by atoms with E-state index >= 15 is 0 Å². The van der Waals surface area contributed by atoms with Gasteiger partial charge < -0.3 is 19.9 Å². The summed E-state index contributed by atoms with van der Waals surface area (Å²) >= 11 is 3.53. The highest BCUT2D eigenvalue weighted by atomic mass is 79.9. The molecule has 25 heavy (non-hydrogen) atoms. The topological polar surface area (TPSA) is 67.8 Å². The Balaban J connectivity index is 2.22. The highest BCUT2D eigenvalue weighted by Crippen LogP contribution is 2.37. The third kappa shape index (κ3) is 4.89. The molecular weight excluding hydrogens is 386 g/mol. The van der Waals surface area contributed by atoms with E-state index in [-0.39, 0.29) is 11.7 Å². The summed E-state index contributed by atoms with van der Waals surface area (Å²) in [6.45, 7) is 6.38. The minimum Gasteiger partial charge on any atom is -0.493 e. The minimum atomic E-state index is -0.942. The van der Waals surface area contributed by atoms with Gasteiger partial charge in [0.15, 0.2) is 11.5 Å². The van der Waals surface area contributed by atoms with Gasteiger partial charge in [0.2, 0.25) is 0 Å². The molecule has 0 saturated heterocycles. The zero-order valence-corrected chi connectivity index (χ0v) is 16.3.